The lowest BCUT2D eigenvalue weighted by atomic mass is 9.33. The minimum absolute atomic E-state index is 0.262. The molecular weight excluding hydrogens is 1330 g/mol. The second-order valence-corrected chi connectivity index (χ2v) is 29.5. The van der Waals surface area contributed by atoms with E-state index in [1.165, 1.54) is 82.1 Å². The molecule has 22 rings (SSSR count). The average Bonchev–Trinajstić information content (AvgIpc) is 0.895. The molecular formula is C104H70BN5. The van der Waals surface area contributed by atoms with Crippen LogP contribution >= 0.6 is 0 Å². The molecule has 0 spiro atoms. The van der Waals surface area contributed by atoms with Gasteiger partial charge < -0.3 is 23.5 Å². The van der Waals surface area contributed by atoms with Gasteiger partial charge in [-0.3, -0.25) is 0 Å². The van der Waals surface area contributed by atoms with Gasteiger partial charge in [-0.15, -0.1) is 0 Å². The Hall–Kier alpha value is -14.2. The maximum absolute atomic E-state index is 2.66. The molecule has 17 aromatic carbocycles. The van der Waals surface area contributed by atoms with Gasteiger partial charge in [-0.2, -0.15) is 0 Å². The normalized spacial score (nSPS) is 12.4. The lowest BCUT2D eigenvalue weighted by molar-refractivity contribution is 1.10. The van der Waals surface area contributed by atoms with Gasteiger partial charge in [-0.25, -0.2) is 0 Å². The number of hydrogen-bond donors (Lipinski definition) is 0. The molecule has 2 aliphatic heterocycles. The quantitative estimate of drug-likeness (QED) is 0.120. The summed E-state index contributed by atoms with van der Waals surface area (Å²) < 4.78 is 7.55. The topological polar surface area (TPSA) is 21.3 Å². The minimum atomic E-state index is -0.262. The first-order valence-electron chi connectivity index (χ1n) is 38.2. The lowest BCUT2D eigenvalue weighted by Crippen LogP contribution is -2.61. The second-order valence-electron chi connectivity index (χ2n) is 29.5. The van der Waals surface area contributed by atoms with Gasteiger partial charge in [0, 0.05) is 77.4 Å². The predicted octanol–water partition coefficient (Wildman–Crippen LogP) is 25.7. The Kier molecular flexibility index (Phi) is 14.5. The summed E-state index contributed by atoms with van der Waals surface area (Å²) in [7, 11) is 0. The monoisotopic (exact) mass is 1400 g/mol. The molecule has 514 valence electrons. The molecule has 5 nitrogen and oxygen atoms in total. The molecule has 6 heteroatoms. The Morgan fingerprint density at radius 2 is 0.545 bits per heavy atom. The van der Waals surface area contributed by atoms with Gasteiger partial charge >= 0.3 is 0 Å². The summed E-state index contributed by atoms with van der Waals surface area (Å²) in [6, 6.07) is 146. The van der Waals surface area contributed by atoms with Crippen LogP contribution in [0, 0.1) is 13.8 Å². The van der Waals surface area contributed by atoms with Gasteiger partial charge in [0.1, 0.15) is 0 Å². The molecule has 20 aromatic rings. The van der Waals surface area contributed by atoms with Gasteiger partial charge in [0.25, 0.3) is 6.71 Å². The number of fused-ring (bicyclic) bond motifs is 13. The van der Waals surface area contributed by atoms with Crippen LogP contribution in [-0.4, -0.2) is 20.4 Å². The predicted molar refractivity (Wildman–Crippen MR) is 466 cm³/mol. The average molecular weight is 1400 g/mol. The van der Waals surface area contributed by atoms with E-state index in [-0.39, 0.29) is 6.71 Å². The Morgan fingerprint density at radius 1 is 0.200 bits per heavy atom. The summed E-state index contributed by atoms with van der Waals surface area (Å²) in [6.07, 6.45) is 0. The Labute approximate surface area is 639 Å². The van der Waals surface area contributed by atoms with Gasteiger partial charge in [0.2, 0.25) is 0 Å². The van der Waals surface area contributed by atoms with Crippen LogP contribution in [0.25, 0.3) is 149 Å². The highest BCUT2D eigenvalue weighted by Gasteiger charge is 2.45. The molecule has 110 heavy (non-hydrogen) atoms. The SMILES string of the molecule is Cc1ccccc1-c1cc(-c2cc3c4c(c2)N(c2ccccc2-c2ccccc2)c2cc(-n5c6ccccc6c6ccccc65)ccc2B4c2ccc(-c4cccc(-n5c6ccccc6c6ccccc65)c4-n4c5ccccc5c5ccccc54)cc2N3c2ccccc2-c2ccccc2)cc(-c2ccccc2C)c1. The van der Waals surface area contributed by atoms with Crippen molar-refractivity contribution < 1.29 is 0 Å². The number of rotatable bonds is 11. The summed E-state index contributed by atoms with van der Waals surface area (Å²) >= 11 is 0. The Balaban J connectivity index is 0.888. The van der Waals surface area contributed by atoms with Crippen molar-refractivity contribution in [3.05, 3.63) is 399 Å². The first kappa shape index (κ1) is 63.1. The third kappa shape index (κ3) is 9.75. The number of benzene rings is 17. The molecule has 0 unspecified atom stereocenters. The van der Waals surface area contributed by atoms with Gasteiger partial charge in [-0.1, -0.05) is 285 Å². The van der Waals surface area contributed by atoms with E-state index in [1.807, 2.05) is 0 Å². The zero-order valence-electron chi connectivity index (χ0n) is 60.8. The highest BCUT2D eigenvalue weighted by atomic mass is 15.2. The van der Waals surface area contributed by atoms with Crippen molar-refractivity contribution >= 4 is 123 Å². The molecule has 0 aliphatic carbocycles. The van der Waals surface area contributed by atoms with Crippen LogP contribution in [0.15, 0.2) is 388 Å². The zero-order chi connectivity index (χ0) is 72.7. The largest absolute Gasteiger partial charge is 0.311 e. The molecule has 3 aromatic heterocycles. The molecule has 0 amide bonds. The van der Waals surface area contributed by atoms with Crippen molar-refractivity contribution in [3.63, 3.8) is 0 Å². The number of aromatic nitrogens is 3. The molecule has 0 atom stereocenters. The van der Waals surface area contributed by atoms with E-state index >= 15 is 0 Å². The first-order chi connectivity index (χ1) is 54.5. The van der Waals surface area contributed by atoms with Gasteiger partial charge in [0.05, 0.1) is 55.8 Å². The number of anilines is 6. The summed E-state index contributed by atoms with van der Waals surface area (Å²) in [5.74, 6) is 0. The molecule has 2 aliphatic rings. The first-order valence-corrected chi connectivity index (χ1v) is 38.2. The van der Waals surface area contributed by atoms with Crippen LogP contribution < -0.4 is 26.2 Å². The third-order valence-electron chi connectivity index (χ3n) is 23.5. The molecule has 0 bridgehead atoms. The fourth-order valence-electron chi connectivity index (χ4n) is 18.7. The van der Waals surface area contributed by atoms with Crippen LogP contribution in [-0.2, 0) is 0 Å². The van der Waals surface area contributed by atoms with Gasteiger partial charge in [-0.05, 0) is 195 Å². The van der Waals surface area contributed by atoms with Gasteiger partial charge in [0.15, 0.2) is 0 Å². The molecule has 0 fully saturated rings. The van der Waals surface area contributed by atoms with E-state index < -0.39 is 0 Å². The van der Waals surface area contributed by atoms with Crippen molar-refractivity contribution in [2.24, 2.45) is 0 Å². The second kappa shape index (κ2) is 25.2. The fourth-order valence-corrected chi connectivity index (χ4v) is 18.7. The van der Waals surface area contributed by atoms with Crippen molar-refractivity contribution in [3.8, 4) is 83.8 Å². The number of aryl methyl sites for hydroxylation is 2. The van der Waals surface area contributed by atoms with E-state index in [1.54, 1.807) is 0 Å². The molecule has 0 saturated heterocycles. The third-order valence-corrected chi connectivity index (χ3v) is 23.5. The molecule has 5 heterocycles. The molecule has 0 N–H and O–H groups in total. The van der Waals surface area contributed by atoms with Crippen molar-refractivity contribution in [2.45, 2.75) is 13.8 Å². The highest BCUT2D eigenvalue weighted by molar-refractivity contribution is 7.00. The summed E-state index contributed by atoms with van der Waals surface area (Å²) in [5, 5.41) is 7.28. The maximum atomic E-state index is 2.66. The smallest absolute Gasteiger partial charge is 0.252 e. The highest BCUT2D eigenvalue weighted by Crippen LogP contribution is 2.53. The van der Waals surface area contributed by atoms with Crippen LogP contribution in [0.3, 0.4) is 0 Å². The molecule has 0 saturated carbocycles. The van der Waals surface area contributed by atoms with Crippen LogP contribution in [0.2, 0.25) is 0 Å². The Bertz CT molecular complexity index is 6930. The van der Waals surface area contributed by atoms with E-state index in [0.29, 0.717) is 0 Å². The standard InChI is InChI=1S/C104H70BN5/c1-67-30-9-11-36-77(67)74-60-72(61-75(62-74)78-37-12-10-31-68(78)2)73-64-101-103-102(65-73)109(91-48-22-14-39-80(91)70-34-7-4-8-35-70)100-66-76(106-92-49-23-15-40-82(92)83-41-16-24-50-93(83)106)57-59-89(100)105(103)88-58-56-71(63-99(88)108(101)90-47-21-13-38-79(90)69-32-5-3-6-33-69)81-46-29-55-98(107-94-51-25-17-42-84(94)85-43-18-26-52-95(85)107)104(81)110-96-53-27-19-44-86(96)87-45-20-28-54-97(87)110/h3-66H,1-2H3. The fraction of sp³-hybridized carbons (Fsp3) is 0.0192. The minimum Gasteiger partial charge on any atom is -0.311 e. The zero-order valence-corrected chi connectivity index (χ0v) is 60.8. The summed E-state index contributed by atoms with van der Waals surface area (Å²) in [5.41, 5.74) is 36.6. The summed E-state index contributed by atoms with van der Waals surface area (Å²) in [6.45, 7) is 4.22. The Morgan fingerprint density at radius 3 is 1.02 bits per heavy atom. The van der Waals surface area contributed by atoms with Crippen LogP contribution in [0.4, 0.5) is 34.1 Å². The van der Waals surface area contributed by atoms with Crippen LogP contribution in [0.1, 0.15) is 11.1 Å². The van der Waals surface area contributed by atoms with E-state index in [2.05, 4.69) is 426 Å². The van der Waals surface area contributed by atoms with Crippen molar-refractivity contribution in [1.82, 2.24) is 13.7 Å². The van der Waals surface area contributed by atoms with E-state index in [0.717, 1.165) is 129 Å². The number of hydrogen-bond acceptors (Lipinski definition) is 2. The maximum Gasteiger partial charge on any atom is 0.252 e. The lowest BCUT2D eigenvalue weighted by Gasteiger charge is -2.45. The number of nitrogens with zero attached hydrogens (tertiary/aromatic N) is 5. The molecule has 0 radical (unpaired) electrons. The summed E-state index contributed by atoms with van der Waals surface area (Å²) in [4.78, 5) is 5.29. The van der Waals surface area contributed by atoms with Crippen LogP contribution in [0.5, 0.6) is 0 Å². The van der Waals surface area contributed by atoms with E-state index in [4.69, 9.17) is 0 Å². The van der Waals surface area contributed by atoms with E-state index in [9.17, 15) is 0 Å². The van der Waals surface area contributed by atoms with Crippen molar-refractivity contribution in [1.29, 1.82) is 0 Å². The van der Waals surface area contributed by atoms with Crippen molar-refractivity contribution in [2.75, 3.05) is 9.80 Å². The number of para-hydroxylation sites is 9.